The highest BCUT2D eigenvalue weighted by Gasteiger charge is 2.24. The second-order valence-corrected chi connectivity index (χ2v) is 5.19. The Morgan fingerprint density at radius 2 is 2.38 bits per heavy atom. The van der Waals surface area contributed by atoms with Gasteiger partial charge in [-0.3, -0.25) is 0 Å². The number of hydrogen-bond acceptors (Lipinski definition) is 4. The highest BCUT2D eigenvalue weighted by molar-refractivity contribution is 5.91. The minimum atomic E-state index is -0.421. The van der Waals surface area contributed by atoms with Crippen molar-refractivity contribution in [1.82, 2.24) is 9.88 Å². The molecular formula is C15H17N3O3. The number of nitrogens with zero attached hydrogens (tertiary/aromatic N) is 2. The molecule has 0 unspecified atom stereocenters. The Morgan fingerprint density at radius 1 is 1.52 bits per heavy atom. The van der Waals surface area contributed by atoms with Gasteiger partial charge in [-0.1, -0.05) is 6.07 Å². The van der Waals surface area contributed by atoms with Crippen LogP contribution in [0.15, 0.2) is 35.1 Å². The zero-order valence-corrected chi connectivity index (χ0v) is 11.7. The Morgan fingerprint density at radius 3 is 3.05 bits per heavy atom. The van der Waals surface area contributed by atoms with Crippen LogP contribution in [-0.4, -0.2) is 40.2 Å². The first kappa shape index (κ1) is 13.6. The molecule has 0 bridgehead atoms. The van der Waals surface area contributed by atoms with E-state index in [4.69, 9.17) is 4.42 Å². The maximum Gasteiger partial charge on any atom is 0.321 e. The van der Waals surface area contributed by atoms with E-state index in [1.54, 1.807) is 11.1 Å². The number of carbonyl (C=O) groups is 1. The van der Waals surface area contributed by atoms with Gasteiger partial charge in [0.15, 0.2) is 0 Å². The summed E-state index contributed by atoms with van der Waals surface area (Å²) < 4.78 is 5.27. The van der Waals surface area contributed by atoms with Gasteiger partial charge in [0, 0.05) is 24.3 Å². The summed E-state index contributed by atoms with van der Waals surface area (Å²) in [5.74, 6) is 0.516. The maximum absolute atomic E-state index is 12.2. The Kier molecular flexibility index (Phi) is 3.62. The van der Waals surface area contributed by atoms with Crippen LogP contribution in [0.3, 0.4) is 0 Å². The van der Waals surface area contributed by atoms with Gasteiger partial charge in [-0.2, -0.15) is 0 Å². The number of aliphatic hydroxyl groups excluding tert-OH is 1. The molecule has 1 atom stereocenters. The molecule has 1 aliphatic rings. The number of rotatable bonds is 2. The van der Waals surface area contributed by atoms with Crippen LogP contribution in [0.2, 0.25) is 0 Å². The third kappa shape index (κ3) is 2.90. The lowest BCUT2D eigenvalue weighted by Gasteiger charge is -2.17. The Bertz CT molecular complexity index is 640. The summed E-state index contributed by atoms with van der Waals surface area (Å²) >= 11 is 0. The molecule has 110 valence electrons. The molecule has 2 N–H and O–H groups in total. The van der Waals surface area contributed by atoms with Crippen molar-refractivity contribution in [3.63, 3.8) is 0 Å². The molecule has 2 aromatic rings. The van der Waals surface area contributed by atoms with Gasteiger partial charge in [0.1, 0.15) is 6.26 Å². The molecule has 3 rings (SSSR count). The smallest absolute Gasteiger partial charge is 0.321 e. The first-order valence-electron chi connectivity index (χ1n) is 6.88. The molecule has 6 heteroatoms. The average Bonchev–Trinajstić information content (AvgIpc) is 3.12. The van der Waals surface area contributed by atoms with Crippen LogP contribution in [0.4, 0.5) is 10.5 Å². The minimum Gasteiger partial charge on any atom is -0.445 e. The van der Waals surface area contributed by atoms with Crippen LogP contribution < -0.4 is 5.32 Å². The van der Waals surface area contributed by atoms with Gasteiger partial charge in [0.2, 0.25) is 5.89 Å². The van der Waals surface area contributed by atoms with Crippen LogP contribution in [0.5, 0.6) is 0 Å². The fraction of sp³-hybridized carbons (Fsp3) is 0.333. The molecule has 0 saturated carbocycles. The van der Waals surface area contributed by atoms with E-state index in [0.717, 1.165) is 16.8 Å². The fourth-order valence-electron chi connectivity index (χ4n) is 2.38. The average molecular weight is 287 g/mol. The monoisotopic (exact) mass is 287 g/mol. The van der Waals surface area contributed by atoms with Gasteiger partial charge in [-0.25, -0.2) is 9.78 Å². The molecule has 1 aromatic heterocycles. The number of nitrogens with one attached hydrogen (secondary N) is 1. The number of benzene rings is 1. The van der Waals surface area contributed by atoms with E-state index < -0.39 is 6.10 Å². The molecule has 1 saturated heterocycles. The predicted octanol–water partition coefficient (Wildman–Crippen LogP) is 2.25. The lowest BCUT2D eigenvalue weighted by Crippen LogP contribution is -2.33. The molecular weight excluding hydrogens is 270 g/mol. The van der Waals surface area contributed by atoms with E-state index in [-0.39, 0.29) is 6.03 Å². The van der Waals surface area contributed by atoms with E-state index in [1.165, 1.54) is 6.26 Å². The summed E-state index contributed by atoms with van der Waals surface area (Å²) in [6, 6.07) is 5.45. The summed E-state index contributed by atoms with van der Waals surface area (Å²) in [5, 5.41) is 12.4. The van der Waals surface area contributed by atoms with E-state index in [2.05, 4.69) is 10.3 Å². The molecule has 0 aliphatic carbocycles. The number of urea groups is 1. The first-order valence-corrected chi connectivity index (χ1v) is 6.88. The number of aryl methyl sites for hydroxylation is 1. The van der Waals surface area contributed by atoms with E-state index in [9.17, 15) is 9.90 Å². The van der Waals surface area contributed by atoms with Crippen molar-refractivity contribution in [2.45, 2.75) is 19.4 Å². The van der Waals surface area contributed by atoms with Crippen molar-refractivity contribution in [1.29, 1.82) is 0 Å². The van der Waals surface area contributed by atoms with Crippen molar-refractivity contribution in [2.75, 3.05) is 18.4 Å². The second-order valence-electron chi connectivity index (χ2n) is 5.19. The molecule has 2 heterocycles. The molecule has 6 nitrogen and oxygen atoms in total. The largest absolute Gasteiger partial charge is 0.445 e. The number of β-amino-alcohol motifs (C(OH)–C–C–N with tert-alkyl or cyclic N) is 1. The van der Waals surface area contributed by atoms with Crippen LogP contribution >= 0.6 is 0 Å². The van der Waals surface area contributed by atoms with Crippen molar-refractivity contribution in [2.24, 2.45) is 0 Å². The highest BCUT2D eigenvalue weighted by atomic mass is 16.3. The molecule has 0 spiro atoms. The van der Waals surface area contributed by atoms with Gasteiger partial charge in [0.25, 0.3) is 0 Å². The Labute approximate surface area is 122 Å². The third-order valence-electron chi connectivity index (χ3n) is 3.61. The zero-order valence-electron chi connectivity index (χ0n) is 11.7. The second kappa shape index (κ2) is 5.57. The summed E-state index contributed by atoms with van der Waals surface area (Å²) in [7, 11) is 0. The Balaban J connectivity index is 1.78. The maximum atomic E-state index is 12.2. The lowest BCUT2D eigenvalue weighted by molar-refractivity contribution is 0.176. The standard InChI is InChI=1S/C15H17N3O3/c1-10-2-3-11(14-16-5-7-21-14)8-13(10)17-15(20)18-6-4-12(19)9-18/h2-3,5,7-8,12,19H,4,6,9H2,1H3,(H,17,20)/t12-/m0/s1. The number of carbonyl (C=O) groups excluding carboxylic acids is 1. The van der Waals surface area contributed by atoms with E-state index in [0.29, 0.717) is 25.4 Å². The van der Waals surface area contributed by atoms with E-state index in [1.807, 2.05) is 25.1 Å². The molecule has 2 amide bonds. The van der Waals surface area contributed by atoms with Gasteiger partial charge in [-0.05, 0) is 31.0 Å². The third-order valence-corrected chi connectivity index (χ3v) is 3.61. The van der Waals surface area contributed by atoms with Gasteiger partial charge in [-0.15, -0.1) is 0 Å². The number of hydrogen-bond donors (Lipinski definition) is 2. The van der Waals surface area contributed by atoms with Gasteiger partial charge in [0.05, 0.1) is 12.3 Å². The van der Waals surface area contributed by atoms with Crippen LogP contribution in [-0.2, 0) is 0 Å². The lowest BCUT2D eigenvalue weighted by atomic mass is 10.1. The summed E-state index contributed by atoms with van der Waals surface area (Å²) in [6.45, 7) is 2.88. The molecule has 21 heavy (non-hydrogen) atoms. The fourth-order valence-corrected chi connectivity index (χ4v) is 2.38. The molecule has 1 aromatic carbocycles. The van der Waals surface area contributed by atoms with Crippen LogP contribution in [0.1, 0.15) is 12.0 Å². The first-order chi connectivity index (χ1) is 10.1. The SMILES string of the molecule is Cc1ccc(-c2ncco2)cc1NC(=O)N1CC[C@H](O)C1. The van der Waals surface area contributed by atoms with Gasteiger partial charge < -0.3 is 19.7 Å². The zero-order chi connectivity index (χ0) is 14.8. The van der Waals surface area contributed by atoms with Crippen LogP contribution in [0, 0.1) is 6.92 Å². The topological polar surface area (TPSA) is 78.6 Å². The quantitative estimate of drug-likeness (QED) is 0.888. The summed E-state index contributed by atoms with van der Waals surface area (Å²) in [5.41, 5.74) is 2.48. The number of oxazole rings is 1. The summed E-state index contributed by atoms with van der Waals surface area (Å²) in [4.78, 5) is 17.9. The normalized spacial score (nSPS) is 18.0. The number of amides is 2. The Hall–Kier alpha value is -2.34. The number of likely N-dealkylation sites (tertiary alicyclic amines) is 1. The highest BCUT2D eigenvalue weighted by Crippen LogP contribution is 2.24. The van der Waals surface area contributed by atoms with Crippen molar-refractivity contribution in [3.05, 3.63) is 36.2 Å². The van der Waals surface area contributed by atoms with Gasteiger partial charge >= 0.3 is 6.03 Å². The van der Waals surface area contributed by atoms with Crippen molar-refractivity contribution < 1.29 is 14.3 Å². The summed E-state index contributed by atoms with van der Waals surface area (Å²) in [6.07, 6.45) is 3.30. The minimum absolute atomic E-state index is 0.195. The molecule has 1 fully saturated rings. The molecule has 1 aliphatic heterocycles. The van der Waals surface area contributed by atoms with Crippen molar-refractivity contribution >= 4 is 11.7 Å². The number of aromatic nitrogens is 1. The number of anilines is 1. The van der Waals surface area contributed by atoms with E-state index >= 15 is 0 Å². The van der Waals surface area contributed by atoms with Crippen LogP contribution in [0.25, 0.3) is 11.5 Å². The molecule has 0 radical (unpaired) electrons. The number of aliphatic hydroxyl groups is 1. The van der Waals surface area contributed by atoms with Crippen molar-refractivity contribution in [3.8, 4) is 11.5 Å². The predicted molar refractivity (Wildman–Crippen MR) is 77.9 cm³/mol.